The number of aromatic nitrogens is 2. The number of methoxy groups -OCH3 is 1. The second-order valence-corrected chi connectivity index (χ2v) is 7.14. The molecule has 29 heavy (non-hydrogen) atoms. The molecule has 152 valence electrons. The molecule has 1 aliphatic rings. The number of hydrogen-bond donors (Lipinski definition) is 1. The standard InChI is InChI=1S/C22H25N3O4/c1-3-29-20-14-15(8-9-19(20)28-2)21(26)24-12-10-16(11-13-24)25-18-7-5-4-6-17(18)23-22(25)27/h4-9,14,16H,3,10-13H2,1-2H3,(H,23,27). The van der Waals surface area contributed by atoms with Crippen molar-refractivity contribution in [2.45, 2.75) is 25.8 Å². The first kappa shape index (κ1) is 19.1. The van der Waals surface area contributed by atoms with E-state index in [4.69, 9.17) is 9.47 Å². The average Bonchev–Trinajstić information content (AvgIpc) is 3.09. The van der Waals surface area contributed by atoms with Crippen molar-refractivity contribution < 1.29 is 14.3 Å². The van der Waals surface area contributed by atoms with Crippen LogP contribution >= 0.6 is 0 Å². The zero-order valence-electron chi connectivity index (χ0n) is 16.7. The quantitative estimate of drug-likeness (QED) is 0.720. The van der Waals surface area contributed by atoms with Gasteiger partial charge in [-0.1, -0.05) is 12.1 Å². The third kappa shape index (κ3) is 3.60. The lowest BCUT2D eigenvalue weighted by Crippen LogP contribution is -2.40. The number of aromatic amines is 1. The van der Waals surface area contributed by atoms with Crippen molar-refractivity contribution >= 4 is 16.9 Å². The fourth-order valence-electron chi connectivity index (χ4n) is 4.02. The first-order valence-corrected chi connectivity index (χ1v) is 9.91. The average molecular weight is 395 g/mol. The van der Waals surface area contributed by atoms with Crippen LogP contribution in [0.4, 0.5) is 0 Å². The molecule has 2 heterocycles. The Balaban J connectivity index is 1.49. The molecule has 0 radical (unpaired) electrons. The molecule has 2 aromatic carbocycles. The number of fused-ring (bicyclic) bond motifs is 1. The summed E-state index contributed by atoms with van der Waals surface area (Å²) in [5.41, 5.74) is 2.25. The summed E-state index contributed by atoms with van der Waals surface area (Å²) in [4.78, 5) is 30.2. The predicted octanol–water partition coefficient (Wildman–Crippen LogP) is 3.21. The molecule has 0 atom stereocenters. The van der Waals surface area contributed by atoms with E-state index in [1.54, 1.807) is 25.3 Å². The van der Waals surface area contributed by atoms with E-state index in [0.29, 0.717) is 36.8 Å². The van der Waals surface area contributed by atoms with Gasteiger partial charge in [-0.2, -0.15) is 0 Å². The predicted molar refractivity (Wildman–Crippen MR) is 111 cm³/mol. The SMILES string of the molecule is CCOc1cc(C(=O)N2CCC(n3c(=O)[nH]c4ccccc43)CC2)ccc1OC. The zero-order chi connectivity index (χ0) is 20.4. The number of para-hydroxylation sites is 2. The van der Waals surface area contributed by atoms with Crippen LogP contribution in [0.2, 0.25) is 0 Å². The minimum absolute atomic E-state index is 0.0293. The third-order valence-corrected chi connectivity index (χ3v) is 5.45. The van der Waals surface area contributed by atoms with Crippen LogP contribution in [0.1, 0.15) is 36.2 Å². The Hall–Kier alpha value is -3.22. The molecule has 7 nitrogen and oxygen atoms in total. The minimum atomic E-state index is -0.0903. The first-order chi connectivity index (χ1) is 14.1. The van der Waals surface area contributed by atoms with Gasteiger partial charge in [-0.3, -0.25) is 9.36 Å². The number of hydrogen-bond acceptors (Lipinski definition) is 4. The van der Waals surface area contributed by atoms with Crippen LogP contribution in [0, 0.1) is 0 Å². The number of piperidine rings is 1. The fourth-order valence-corrected chi connectivity index (χ4v) is 4.02. The molecule has 0 bridgehead atoms. The summed E-state index contributed by atoms with van der Waals surface area (Å²) in [6.07, 6.45) is 1.48. The van der Waals surface area contributed by atoms with Crippen LogP contribution in [-0.4, -0.2) is 47.2 Å². The highest BCUT2D eigenvalue weighted by molar-refractivity contribution is 5.95. The first-order valence-electron chi connectivity index (χ1n) is 9.91. The van der Waals surface area contributed by atoms with Crippen molar-refractivity contribution in [3.63, 3.8) is 0 Å². The second kappa shape index (κ2) is 8.03. The summed E-state index contributed by atoms with van der Waals surface area (Å²) in [7, 11) is 1.58. The number of carbonyl (C=O) groups is 1. The highest BCUT2D eigenvalue weighted by Gasteiger charge is 2.27. The van der Waals surface area contributed by atoms with Crippen LogP contribution in [0.5, 0.6) is 11.5 Å². The van der Waals surface area contributed by atoms with E-state index < -0.39 is 0 Å². The largest absolute Gasteiger partial charge is 0.493 e. The molecule has 1 fully saturated rings. The van der Waals surface area contributed by atoms with Gasteiger partial charge in [0.15, 0.2) is 11.5 Å². The Labute approximate surface area is 168 Å². The maximum Gasteiger partial charge on any atom is 0.326 e. The van der Waals surface area contributed by atoms with Crippen molar-refractivity contribution in [1.82, 2.24) is 14.5 Å². The van der Waals surface area contributed by atoms with Crippen molar-refractivity contribution in [2.24, 2.45) is 0 Å². The number of imidazole rings is 1. The van der Waals surface area contributed by atoms with Gasteiger partial charge in [0.1, 0.15) is 0 Å². The minimum Gasteiger partial charge on any atom is -0.493 e. The molecule has 1 amide bonds. The van der Waals surface area contributed by atoms with E-state index in [-0.39, 0.29) is 17.6 Å². The van der Waals surface area contributed by atoms with E-state index in [9.17, 15) is 9.59 Å². The molecule has 1 saturated heterocycles. The summed E-state index contributed by atoms with van der Waals surface area (Å²) in [6, 6.07) is 13.1. The number of ether oxygens (including phenoxy) is 2. The summed E-state index contributed by atoms with van der Waals surface area (Å²) >= 11 is 0. The van der Waals surface area contributed by atoms with E-state index in [1.807, 2.05) is 40.7 Å². The van der Waals surface area contributed by atoms with Gasteiger partial charge in [-0.05, 0) is 50.1 Å². The number of likely N-dealkylation sites (tertiary alicyclic amines) is 1. The third-order valence-electron chi connectivity index (χ3n) is 5.45. The maximum absolute atomic E-state index is 13.0. The number of carbonyl (C=O) groups excluding carboxylic acids is 1. The monoisotopic (exact) mass is 395 g/mol. The summed E-state index contributed by atoms with van der Waals surface area (Å²) in [6.45, 7) is 3.60. The lowest BCUT2D eigenvalue weighted by atomic mass is 10.0. The van der Waals surface area contributed by atoms with E-state index in [2.05, 4.69) is 4.98 Å². The van der Waals surface area contributed by atoms with Crippen LogP contribution in [0.15, 0.2) is 47.3 Å². The molecule has 0 aliphatic carbocycles. The zero-order valence-corrected chi connectivity index (χ0v) is 16.7. The van der Waals surface area contributed by atoms with Gasteiger partial charge in [-0.25, -0.2) is 4.79 Å². The van der Waals surface area contributed by atoms with Crippen molar-refractivity contribution in [3.8, 4) is 11.5 Å². The molecule has 1 N–H and O–H groups in total. The van der Waals surface area contributed by atoms with Crippen molar-refractivity contribution in [1.29, 1.82) is 0 Å². The van der Waals surface area contributed by atoms with Crippen LogP contribution < -0.4 is 15.2 Å². The molecule has 3 aromatic rings. The molecule has 1 aromatic heterocycles. The molecule has 0 unspecified atom stereocenters. The second-order valence-electron chi connectivity index (χ2n) is 7.14. The number of H-pyrrole nitrogens is 1. The molecule has 7 heteroatoms. The lowest BCUT2D eigenvalue weighted by Gasteiger charge is -2.32. The summed E-state index contributed by atoms with van der Waals surface area (Å²) in [5.74, 6) is 1.15. The van der Waals surface area contributed by atoms with Gasteiger partial charge in [0, 0.05) is 24.7 Å². The number of nitrogens with zero attached hydrogens (tertiary/aromatic N) is 2. The Kier molecular flexibility index (Phi) is 5.29. The Morgan fingerprint density at radius 1 is 1.14 bits per heavy atom. The van der Waals surface area contributed by atoms with Crippen LogP contribution in [0.3, 0.4) is 0 Å². The van der Waals surface area contributed by atoms with Crippen molar-refractivity contribution in [2.75, 3.05) is 26.8 Å². The molecular formula is C22H25N3O4. The molecular weight excluding hydrogens is 370 g/mol. The van der Waals surface area contributed by atoms with Gasteiger partial charge < -0.3 is 19.4 Å². The molecule has 4 rings (SSSR count). The molecule has 0 saturated carbocycles. The highest BCUT2D eigenvalue weighted by atomic mass is 16.5. The Bertz CT molecular complexity index is 1080. The normalized spacial score (nSPS) is 14.9. The van der Waals surface area contributed by atoms with Crippen LogP contribution in [0.25, 0.3) is 11.0 Å². The number of amides is 1. The van der Waals surface area contributed by atoms with Gasteiger partial charge in [0.2, 0.25) is 0 Å². The Morgan fingerprint density at radius 3 is 2.62 bits per heavy atom. The Morgan fingerprint density at radius 2 is 1.90 bits per heavy atom. The van der Waals surface area contributed by atoms with Gasteiger partial charge in [0.05, 0.1) is 24.8 Å². The van der Waals surface area contributed by atoms with E-state index in [0.717, 1.165) is 23.9 Å². The summed E-state index contributed by atoms with van der Waals surface area (Å²) < 4.78 is 12.7. The van der Waals surface area contributed by atoms with Gasteiger partial charge >= 0.3 is 5.69 Å². The van der Waals surface area contributed by atoms with Crippen LogP contribution in [-0.2, 0) is 0 Å². The lowest BCUT2D eigenvalue weighted by molar-refractivity contribution is 0.0694. The number of nitrogens with one attached hydrogen (secondary N) is 1. The van der Waals surface area contributed by atoms with Gasteiger partial charge in [0.25, 0.3) is 5.91 Å². The van der Waals surface area contributed by atoms with Gasteiger partial charge in [-0.15, -0.1) is 0 Å². The topological polar surface area (TPSA) is 76.6 Å². The fraction of sp³-hybridized carbons (Fsp3) is 0.364. The van der Waals surface area contributed by atoms with E-state index >= 15 is 0 Å². The van der Waals surface area contributed by atoms with E-state index in [1.165, 1.54) is 0 Å². The number of benzene rings is 2. The summed E-state index contributed by atoms with van der Waals surface area (Å²) in [5, 5.41) is 0. The smallest absolute Gasteiger partial charge is 0.326 e. The number of rotatable bonds is 5. The maximum atomic E-state index is 13.0. The van der Waals surface area contributed by atoms with Crippen molar-refractivity contribution in [3.05, 3.63) is 58.5 Å². The highest BCUT2D eigenvalue weighted by Crippen LogP contribution is 2.30. The molecule has 0 spiro atoms. The molecule has 1 aliphatic heterocycles.